The molecule has 1 N–H and O–H groups in total. The second-order valence-corrected chi connectivity index (χ2v) is 4.80. The first-order valence-electron chi connectivity index (χ1n) is 5.50. The summed E-state index contributed by atoms with van der Waals surface area (Å²) in [6.07, 6.45) is 3.14. The van der Waals surface area contributed by atoms with Crippen molar-refractivity contribution in [2.45, 2.75) is 45.6 Å². The van der Waals surface area contributed by atoms with Crippen molar-refractivity contribution in [1.29, 1.82) is 0 Å². The van der Waals surface area contributed by atoms with Crippen LogP contribution in [0.15, 0.2) is 11.1 Å². The minimum absolute atomic E-state index is 0.224. The molecule has 14 heavy (non-hydrogen) atoms. The molecule has 0 aromatic rings. The third-order valence-corrected chi connectivity index (χ3v) is 3.85. The number of aliphatic hydroxyl groups excluding tert-OH is 1. The Kier molecular flexibility index (Phi) is 2.48. The molecule has 2 rings (SSSR count). The second-order valence-electron chi connectivity index (χ2n) is 4.80. The molecule has 0 spiro atoms. The van der Waals surface area contributed by atoms with Gasteiger partial charge in [0, 0.05) is 6.42 Å². The number of Topliss-reactive ketones (excluding diaryl/α,β-unsaturated/α-hetero) is 1. The van der Waals surface area contributed by atoms with Crippen molar-refractivity contribution in [3.05, 3.63) is 11.1 Å². The summed E-state index contributed by atoms with van der Waals surface area (Å²) < 4.78 is 0. The zero-order chi connectivity index (χ0) is 10.3. The van der Waals surface area contributed by atoms with Crippen LogP contribution in [0.25, 0.3) is 0 Å². The minimum Gasteiger partial charge on any atom is -0.393 e. The predicted octanol–water partition coefficient (Wildman–Crippen LogP) is 2.07. The van der Waals surface area contributed by atoms with E-state index in [0.717, 1.165) is 24.8 Å². The van der Waals surface area contributed by atoms with Gasteiger partial charge in [0.05, 0.1) is 6.10 Å². The number of fused-ring (bicyclic) bond motifs is 1. The van der Waals surface area contributed by atoms with E-state index in [1.165, 1.54) is 5.57 Å². The summed E-state index contributed by atoms with van der Waals surface area (Å²) in [5.74, 6) is 1.29. The van der Waals surface area contributed by atoms with Crippen LogP contribution in [-0.2, 0) is 4.79 Å². The van der Waals surface area contributed by atoms with Crippen LogP contribution in [0.3, 0.4) is 0 Å². The minimum atomic E-state index is -0.224. The maximum Gasteiger partial charge on any atom is 0.159 e. The first-order valence-corrected chi connectivity index (χ1v) is 5.50. The maximum absolute atomic E-state index is 11.6. The average Bonchev–Trinajstić information content (AvgIpc) is 2.33. The smallest absolute Gasteiger partial charge is 0.159 e. The van der Waals surface area contributed by atoms with Gasteiger partial charge in [0.1, 0.15) is 0 Å². The van der Waals surface area contributed by atoms with E-state index in [1.54, 1.807) is 0 Å². The van der Waals surface area contributed by atoms with Gasteiger partial charge in [-0.1, -0.05) is 12.5 Å². The van der Waals surface area contributed by atoms with Gasteiger partial charge in [-0.25, -0.2) is 0 Å². The Labute approximate surface area is 85.0 Å². The van der Waals surface area contributed by atoms with E-state index in [1.807, 2.05) is 6.92 Å². The summed E-state index contributed by atoms with van der Waals surface area (Å²) in [4.78, 5) is 11.6. The molecular formula is C12H18O2. The number of hydrogen-bond acceptors (Lipinski definition) is 2. The van der Waals surface area contributed by atoms with Gasteiger partial charge in [0.15, 0.2) is 5.78 Å². The molecule has 0 bridgehead atoms. The van der Waals surface area contributed by atoms with Crippen molar-refractivity contribution < 1.29 is 9.90 Å². The fraction of sp³-hybridized carbons (Fsp3) is 0.750. The Morgan fingerprint density at radius 3 is 2.71 bits per heavy atom. The van der Waals surface area contributed by atoms with Crippen LogP contribution in [-0.4, -0.2) is 17.0 Å². The quantitative estimate of drug-likeness (QED) is 0.641. The van der Waals surface area contributed by atoms with Gasteiger partial charge in [-0.15, -0.1) is 0 Å². The van der Waals surface area contributed by atoms with Gasteiger partial charge >= 0.3 is 0 Å². The lowest BCUT2D eigenvalue weighted by Gasteiger charge is -2.17. The summed E-state index contributed by atoms with van der Waals surface area (Å²) in [5.41, 5.74) is 2.18. The highest BCUT2D eigenvalue weighted by atomic mass is 16.3. The molecule has 0 amide bonds. The average molecular weight is 194 g/mol. The SMILES string of the molecule is CC1=C2C[C@H](O)CC[C@H](C)[C@@H]2CC1=O. The number of hydrogen-bond donors (Lipinski definition) is 1. The fourth-order valence-electron chi connectivity index (χ4n) is 2.79. The van der Waals surface area contributed by atoms with Crippen LogP contribution in [0.5, 0.6) is 0 Å². The van der Waals surface area contributed by atoms with Gasteiger partial charge < -0.3 is 5.11 Å². The third-order valence-electron chi connectivity index (χ3n) is 3.85. The number of ketones is 1. The number of carbonyl (C=O) groups is 1. The Morgan fingerprint density at radius 1 is 1.29 bits per heavy atom. The number of carbonyl (C=O) groups excluding carboxylic acids is 1. The molecule has 0 aromatic heterocycles. The lowest BCUT2D eigenvalue weighted by Crippen LogP contribution is -2.10. The van der Waals surface area contributed by atoms with Crippen molar-refractivity contribution in [2.75, 3.05) is 0 Å². The van der Waals surface area contributed by atoms with Gasteiger partial charge in [-0.3, -0.25) is 4.79 Å². The normalized spacial score (nSPS) is 38.5. The van der Waals surface area contributed by atoms with Crippen molar-refractivity contribution >= 4 is 5.78 Å². The first-order chi connectivity index (χ1) is 6.59. The molecule has 2 aliphatic carbocycles. The molecule has 0 heterocycles. The van der Waals surface area contributed by atoms with E-state index in [4.69, 9.17) is 0 Å². The summed E-state index contributed by atoms with van der Waals surface area (Å²) in [6, 6.07) is 0. The largest absolute Gasteiger partial charge is 0.393 e. The summed E-state index contributed by atoms with van der Waals surface area (Å²) in [7, 11) is 0. The molecule has 0 unspecified atom stereocenters. The van der Waals surface area contributed by atoms with Crippen LogP contribution in [0, 0.1) is 11.8 Å². The lowest BCUT2D eigenvalue weighted by atomic mass is 9.87. The lowest BCUT2D eigenvalue weighted by molar-refractivity contribution is -0.115. The zero-order valence-electron chi connectivity index (χ0n) is 8.92. The Hall–Kier alpha value is -0.630. The van der Waals surface area contributed by atoms with Crippen LogP contribution >= 0.6 is 0 Å². The number of allylic oxidation sites excluding steroid dienone is 1. The summed E-state index contributed by atoms with van der Waals surface area (Å²) >= 11 is 0. The highest BCUT2D eigenvalue weighted by molar-refractivity contribution is 5.98. The predicted molar refractivity (Wildman–Crippen MR) is 54.8 cm³/mol. The fourth-order valence-corrected chi connectivity index (χ4v) is 2.79. The number of rotatable bonds is 0. The van der Waals surface area contributed by atoms with E-state index in [9.17, 15) is 9.90 Å². The van der Waals surface area contributed by atoms with E-state index in [-0.39, 0.29) is 6.10 Å². The molecule has 3 atom stereocenters. The molecule has 0 aromatic carbocycles. The van der Waals surface area contributed by atoms with Crippen LogP contribution in [0.4, 0.5) is 0 Å². The van der Waals surface area contributed by atoms with Gasteiger partial charge in [0.25, 0.3) is 0 Å². The molecule has 1 fully saturated rings. The van der Waals surface area contributed by atoms with Crippen LogP contribution < -0.4 is 0 Å². The van der Waals surface area contributed by atoms with Crippen molar-refractivity contribution in [2.24, 2.45) is 11.8 Å². The molecule has 2 nitrogen and oxygen atoms in total. The molecule has 2 heteroatoms. The third kappa shape index (κ3) is 1.52. The number of aliphatic hydroxyl groups is 1. The Morgan fingerprint density at radius 2 is 2.00 bits per heavy atom. The Bertz CT molecular complexity index is 291. The van der Waals surface area contributed by atoms with Crippen LogP contribution in [0.1, 0.15) is 39.5 Å². The van der Waals surface area contributed by atoms with Crippen LogP contribution in [0.2, 0.25) is 0 Å². The molecule has 0 radical (unpaired) electrons. The molecule has 78 valence electrons. The second kappa shape index (κ2) is 3.50. The van der Waals surface area contributed by atoms with Crippen molar-refractivity contribution in [3.8, 4) is 0 Å². The molecule has 2 aliphatic rings. The Balaban J connectivity index is 2.31. The summed E-state index contributed by atoms with van der Waals surface area (Å²) in [5, 5.41) is 9.71. The topological polar surface area (TPSA) is 37.3 Å². The van der Waals surface area contributed by atoms with E-state index in [0.29, 0.717) is 24.0 Å². The van der Waals surface area contributed by atoms with Gasteiger partial charge in [-0.2, -0.15) is 0 Å². The summed E-state index contributed by atoms with van der Waals surface area (Å²) in [6.45, 7) is 4.12. The highest BCUT2D eigenvalue weighted by Crippen LogP contribution is 2.41. The monoisotopic (exact) mass is 194 g/mol. The highest BCUT2D eigenvalue weighted by Gasteiger charge is 2.36. The van der Waals surface area contributed by atoms with Crippen molar-refractivity contribution in [1.82, 2.24) is 0 Å². The van der Waals surface area contributed by atoms with Crippen molar-refractivity contribution in [3.63, 3.8) is 0 Å². The standard InChI is InChI=1S/C12H18O2/c1-7-3-4-9(13)5-11-8(2)12(14)6-10(7)11/h7,9-10,13H,3-6H2,1-2H3/t7-,9+,10-/m0/s1. The van der Waals surface area contributed by atoms with E-state index >= 15 is 0 Å². The molecule has 0 aliphatic heterocycles. The van der Waals surface area contributed by atoms with E-state index < -0.39 is 0 Å². The van der Waals surface area contributed by atoms with Gasteiger partial charge in [-0.05, 0) is 43.6 Å². The maximum atomic E-state index is 11.6. The molecule has 1 saturated carbocycles. The van der Waals surface area contributed by atoms with E-state index in [2.05, 4.69) is 6.92 Å². The zero-order valence-corrected chi connectivity index (χ0v) is 8.92. The molecular weight excluding hydrogens is 176 g/mol. The molecule has 0 saturated heterocycles. The first kappa shape index (κ1) is 9.91. The van der Waals surface area contributed by atoms with Gasteiger partial charge in [0.2, 0.25) is 0 Å².